The summed E-state index contributed by atoms with van der Waals surface area (Å²) < 4.78 is 5.23. The molecule has 1 saturated carbocycles. The molecule has 4 heteroatoms. The van der Waals surface area contributed by atoms with Crippen LogP contribution in [0.1, 0.15) is 33.1 Å². The zero-order valence-corrected chi connectivity index (χ0v) is 12.5. The number of rotatable bonds is 2. The van der Waals surface area contributed by atoms with E-state index in [0.717, 1.165) is 30.8 Å². The first-order valence-electron chi connectivity index (χ1n) is 7.20. The van der Waals surface area contributed by atoms with Crippen LogP contribution in [0.25, 0.3) is 0 Å². The molecule has 1 fully saturated rings. The second-order valence-electron chi connectivity index (χ2n) is 6.77. The standard InChI is InChI=1S/C16H23N3O/c1-15(2)8-9-16(10-15)11-18-14(17)19(16)12-4-6-13(20-3)7-5-12/h4-7H,8-11H2,1-3H3,(H2,17,18). The summed E-state index contributed by atoms with van der Waals surface area (Å²) in [6.07, 6.45) is 3.51. The molecular weight excluding hydrogens is 250 g/mol. The molecular formula is C16H23N3O. The second kappa shape index (κ2) is 4.40. The summed E-state index contributed by atoms with van der Waals surface area (Å²) in [4.78, 5) is 6.76. The van der Waals surface area contributed by atoms with Crippen molar-refractivity contribution in [1.82, 2.24) is 0 Å². The van der Waals surface area contributed by atoms with Gasteiger partial charge in [-0.2, -0.15) is 0 Å². The Morgan fingerprint density at radius 3 is 2.45 bits per heavy atom. The van der Waals surface area contributed by atoms with Gasteiger partial charge in [0.2, 0.25) is 0 Å². The molecule has 1 spiro atoms. The first-order chi connectivity index (χ1) is 9.46. The van der Waals surface area contributed by atoms with E-state index in [0.29, 0.717) is 11.4 Å². The molecule has 0 radical (unpaired) electrons. The van der Waals surface area contributed by atoms with Crippen LogP contribution in [0.3, 0.4) is 0 Å². The minimum Gasteiger partial charge on any atom is -0.497 e. The number of ether oxygens (including phenoxy) is 1. The Kier molecular flexibility index (Phi) is 2.92. The number of benzene rings is 1. The van der Waals surface area contributed by atoms with Crippen molar-refractivity contribution in [3.05, 3.63) is 24.3 Å². The Hall–Kier alpha value is -1.71. The maximum Gasteiger partial charge on any atom is 0.196 e. The van der Waals surface area contributed by atoms with E-state index in [1.807, 2.05) is 12.1 Å². The number of anilines is 1. The lowest BCUT2D eigenvalue weighted by molar-refractivity contribution is 0.346. The molecule has 1 aromatic rings. The third kappa shape index (κ3) is 2.03. The fourth-order valence-electron chi connectivity index (χ4n) is 3.71. The predicted octanol–water partition coefficient (Wildman–Crippen LogP) is 2.78. The van der Waals surface area contributed by atoms with Crippen molar-refractivity contribution in [3.63, 3.8) is 0 Å². The Morgan fingerprint density at radius 1 is 1.20 bits per heavy atom. The first-order valence-corrected chi connectivity index (χ1v) is 7.20. The van der Waals surface area contributed by atoms with Crippen LogP contribution < -0.4 is 15.4 Å². The van der Waals surface area contributed by atoms with Crippen LogP contribution in [0.15, 0.2) is 29.3 Å². The first kappa shape index (κ1) is 13.3. The maximum absolute atomic E-state index is 6.17. The van der Waals surface area contributed by atoms with Gasteiger partial charge in [-0.05, 0) is 48.9 Å². The highest BCUT2D eigenvalue weighted by Crippen LogP contribution is 2.49. The Morgan fingerprint density at radius 2 is 1.90 bits per heavy atom. The monoisotopic (exact) mass is 273 g/mol. The summed E-state index contributed by atoms with van der Waals surface area (Å²) in [5.41, 5.74) is 7.72. The van der Waals surface area contributed by atoms with Gasteiger partial charge < -0.3 is 15.4 Å². The van der Waals surface area contributed by atoms with Crippen LogP contribution in [0.4, 0.5) is 5.69 Å². The highest BCUT2D eigenvalue weighted by atomic mass is 16.5. The third-order valence-electron chi connectivity index (χ3n) is 4.64. The average molecular weight is 273 g/mol. The molecule has 2 N–H and O–H groups in total. The number of hydrogen-bond donors (Lipinski definition) is 1. The van der Waals surface area contributed by atoms with Gasteiger partial charge >= 0.3 is 0 Å². The smallest absolute Gasteiger partial charge is 0.196 e. The van der Waals surface area contributed by atoms with Crippen molar-refractivity contribution in [2.45, 2.75) is 38.6 Å². The van der Waals surface area contributed by atoms with Crippen LogP contribution in [0.2, 0.25) is 0 Å². The molecule has 4 nitrogen and oxygen atoms in total. The van der Waals surface area contributed by atoms with Crippen LogP contribution in [0, 0.1) is 5.41 Å². The van der Waals surface area contributed by atoms with Gasteiger partial charge in [0.25, 0.3) is 0 Å². The molecule has 0 bridgehead atoms. The van der Waals surface area contributed by atoms with E-state index in [1.165, 1.54) is 6.42 Å². The molecule has 0 aromatic heterocycles. The van der Waals surface area contributed by atoms with Crippen LogP contribution >= 0.6 is 0 Å². The van der Waals surface area contributed by atoms with Gasteiger partial charge in [-0.1, -0.05) is 13.8 Å². The zero-order chi connectivity index (χ0) is 14.4. The average Bonchev–Trinajstić information content (AvgIpc) is 2.90. The third-order valence-corrected chi connectivity index (χ3v) is 4.64. The van der Waals surface area contributed by atoms with Crippen molar-refractivity contribution < 1.29 is 4.74 Å². The number of guanidine groups is 1. The normalized spacial score (nSPS) is 27.9. The van der Waals surface area contributed by atoms with E-state index < -0.39 is 0 Å². The van der Waals surface area contributed by atoms with Crippen molar-refractivity contribution in [2.24, 2.45) is 16.1 Å². The zero-order valence-electron chi connectivity index (χ0n) is 12.5. The summed E-state index contributed by atoms with van der Waals surface area (Å²) in [6, 6.07) is 8.10. The molecule has 1 aliphatic carbocycles. The predicted molar refractivity (Wildman–Crippen MR) is 82.3 cm³/mol. The van der Waals surface area contributed by atoms with Crippen molar-refractivity contribution in [3.8, 4) is 5.75 Å². The fourth-order valence-corrected chi connectivity index (χ4v) is 3.71. The lowest BCUT2D eigenvalue weighted by Crippen LogP contribution is -2.50. The summed E-state index contributed by atoms with van der Waals surface area (Å²) in [6.45, 7) is 5.49. The minimum atomic E-state index is 0.0716. The molecule has 0 saturated heterocycles. The van der Waals surface area contributed by atoms with Gasteiger partial charge in [0.1, 0.15) is 5.75 Å². The van der Waals surface area contributed by atoms with Gasteiger partial charge in [-0.25, -0.2) is 0 Å². The van der Waals surface area contributed by atoms with E-state index in [2.05, 4.69) is 35.9 Å². The van der Waals surface area contributed by atoms with Gasteiger partial charge in [-0.15, -0.1) is 0 Å². The summed E-state index contributed by atoms with van der Waals surface area (Å²) in [5.74, 6) is 1.51. The number of nitrogens with zero attached hydrogens (tertiary/aromatic N) is 2. The van der Waals surface area contributed by atoms with Gasteiger partial charge in [-0.3, -0.25) is 4.99 Å². The van der Waals surface area contributed by atoms with Crippen molar-refractivity contribution in [1.29, 1.82) is 0 Å². The number of aliphatic imine (C=N–C) groups is 1. The molecule has 3 rings (SSSR count). The van der Waals surface area contributed by atoms with E-state index in [1.54, 1.807) is 7.11 Å². The molecule has 2 aliphatic rings. The van der Waals surface area contributed by atoms with Crippen molar-refractivity contribution in [2.75, 3.05) is 18.6 Å². The molecule has 1 aliphatic heterocycles. The SMILES string of the molecule is COc1ccc(N2C(N)=NCC23CCC(C)(C)C3)cc1. The molecule has 1 heterocycles. The lowest BCUT2D eigenvalue weighted by atomic mass is 9.87. The van der Waals surface area contributed by atoms with E-state index >= 15 is 0 Å². The summed E-state index contributed by atoms with van der Waals surface area (Å²) >= 11 is 0. The van der Waals surface area contributed by atoms with Crippen LogP contribution in [0.5, 0.6) is 5.75 Å². The molecule has 20 heavy (non-hydrogen) atoms. The van der Waals surface area contributed by atoms with Gasteiger partial charge in [0.05, 0.1) is 19.2 Å². The molecule has 1 aromatic carbocycles. The van der Waals surface area contributed by atoms with Gasteiger partial charge in [0.15, 0.2) is 5.96 Å². The number of nitrogens with two attached hydrogens (primary N) is 1. The molecule has 108 valence electrons. The van der Waals surface area contributed by atoms with Crippen molar-refractivity contribution >= 4 is 11.6 Å². The summed E-state index contributed by atoms with van der Waals surface area (Å²) in [5, 5.41) is 0. The molecule has 1 unspecified atom stereocenters. The second-order valence-corrected chi connectivity index (χ2v) is 6.77. The minimum absolute atomic E-state index is 0.0716. The van der Waals surface area contributed by atoms with E-state index in [9.17, 15) is 0 Å². The van der Waals surface area contributed by atoms with E-state index in [4.69, 9.17) is 10.5 Å². The van der Waals surface area contributed by atoms with Crippen LogP contribution in [-0.4, -0.2) is 25.2 Å². The Balaban J connectivity index is 1.94. The number of methoxy groups -OCH3 is 1. The Labute approximate surface area is 120 Å². The topological polar surface area (TPSA) is 50.9 Å². The van der Waals surface area contributed by atoms with Crippen LogP contribution in [-0.2, 0) is 0 Å². The van der Waals surface area contributed by atoms with E-state index in [-0.39, 0.29) is 5.54 Å². The summed E-state index contributed by atoms with van der Waals surface area (Å²) in [7, 11) is 1.68. The van der Waals surface area contributed by atoms with Gasteiger partial charge in [0, 0.05) is 5.69 Å². The maximum atomic E-state index is 6.17. The quantitative estimate of drug-likeness (QED) is 0.901. The fraction of sp³-hybridized carbons (Fsp3) is 0.562. The molecule has 1 atom stereocenters. The molecule has 0 amide bonds. The Bertz CT molecular complexity index is 535. The lowest BCUT2D eigenvalue weighted by Gasteiger charge is -2.37. The largest absolute Gasteiger partial charge is 0.497 e. The number of hydrogen-bond acceptors (Lipinski definition) is 4. The highest BCUT2D eigenvalue weighted by molar-refractivity contribution is 5.98. The highest BCUT2D eigenvalue weighted by Gasteiger charge is 2.50.